The van der Waals surface area contributed by atoms with Gasteiger partial charge < -0.3 is 14.4 Å². The van der Waals surface area contributed by atoms with Gasteiger partial charge in [-0.15, -0.1) is 0 Å². The average molecular weight is 461 g/mol. The van der Waals surface area contributed by atoms with E-state index in [1.807, 2.05) is 24.3 Å². The lowest BCUT2D eigenvalue weighted by atomic mass is 9.98. The molecule has 1 unspecified atom stereocenters. The molecule has 5 rings (SSSR count). The van der Waals surface area contributed by atoms with Crippen molar-refractivity contribution in [3.8, 4) is 0 Å². The Balaban J connectivity index is 1.54. The van der Waals surface area contributed by atoms with Crippen LogP contribution in [-0.4, -0.2) is 29.9 Å². The number of amides is 1. The molecule has 3 aromatic rings. The fourth-order valence-corrected chi connectivity index (χ4v) is 4.67. The summed E-state index contributed by atoms with van der Waals surface area (Å²) >= 11 is 0. The van der Waals surface area contributed by atoms with Crippen LogP contribution in [0.5, 0.6) is 0 Å². The summed E-state index contributed by atoms with van der Waals surface area (Å²) < 4.78 is 19.0. The van der Waals surface area contributed by atoms with E-state index in [1.165, 1.54) is 35.4 Å². The van der Waals surface area contributed by atoms with Crippen LogP contribution in [-0.2, 0) is 9.59 Å². The number of Topliss-reactive ketones (excluding diaryl/α,β-unsaturated/α-hetero) is 1. The number of halogens is 1. The lowest BCUT2D eigenvalue weighted by Crippen LogP contribution is -2.33. The summed E-state index contributed by atoms with van der Waals surface area (Å²) in [7, 11) is 0. The van der Waals surface area contributed by atoms with Crippen molar-refractivity contribution in [3.05, 3.63) is 89.6 Å². The summed E-state index contributed by atoms with van der Waals surface area (Å²) in [5.41, 5.74) is 1.73. The number of aliphatic hydroxyl groups excluding tert-OH is 1. The van der Waals surface area contributed by atoms with Crippen molar-refractivity contribution in [2.24, 2.45) is 5.92 Å². The highest BCUT2D eigenvalue weighted by molar-refractivity contribution is 6.51. The van der Waals surface area contributed by atoms with E-state index in [0.717, 1.165) is 37.5 Å². The van der Waals surface area contributed by atoms with Crippen LogP contribution in [0.3, 0.4) is 0 Å². The number of benzene rings is 2. The van der Waals surface area contributed by atoms with Crippen molar-refractivity contribution in [2.45, 2.75) is 25.8 Å². The van der Waals surface area contributed by atoms with Crippen LogP contribution < -0.4 is 9.80 Å². The van der Waals surface area contributed by atoms with Crippen LogP contribution in [0.15, 0.2) is 76.9 Å². The third-order valence-corrected chi connectivity index (χ3v) is 6.65. The van der Waals surface area contributed by atoms with Crippen molar-refractivity contribution < 1.29 is 23.5 Å². The standard InChI is InChI=1S/C27H25FN2O4/c1-17-12-14-29(15-13-17)20-8-10-21(11-9-20)30-24(22-3-2-16-34-22)23(26(32)27(30)33)25(31)18-4-6-19(28)7-5-18/h2-11,16-17,24,31H,12-15H2,1H3/b25-23-. The number of hydrogen-bond donors (Lipinski definition) is 1. The summed E-state index contributed by atoms with van der Waals surface area (Å²) in [6.45, 7) is 4.22. The smallest absolute Gasteiger partial charge is 0.300 e. The summed E-state index contributed by atoms with van der Waals surface area (Å²) in [5, 5.41) is 11.0. The molecule has 0 aliphatic carbocycles. The van der Waals surface area contributed by atoms with Crippen molar-refractivity contribution in [1.29, 1.82) is 0 Å². The van der Waals surface area contributed by atoms with Crippen LogP contribution in [0.4, 0.5) is 15.8 Å². The van der Waals surface area contributed by atoms with E-state index in [2.05, 4.69) is 11.8 Å². The fraction of sp³-hybridized carbons (Fsp3) is 0.259. The first-order chi connectivity index (χ1) is 16.4. The zero-order valence-corrected chi connectivity index (χ0v) is 18.8. The molecule has 6 nitrogen and oxygen atoms in total. The maximum atomic E-state index is 13.4. The molecule has 2 aromatic carbocycles. The van der Waals surface area contributed by atoms with E-state index in [-0.39, 0.29) is 16.9 Å². The highest BCUT2D eigenvalue weighted by atomic mass is 19.1. The molecular weight excluding hydrogens is 435 g/mol. The van der Waals surface area contributed by atoms with E-state index in [1.54, 1.807) is 12.1 Å². The Kier molecular flexibility index (Phi) is 5.69. The Bertz CT molecular complexity index is 1220. The molecule has 0 saturated carbocycles. The number of rotatable bonds is 4. The van der Waals surface area contributed by atoms with Gasteiger partial charge in [-0.2, -0.15) is 0 Å². The Hall–Kier alpha value is -3.87. The van der Waals surface area contributed by atoms with Gasteiger partial charge in [0, 0.05) is 30.0 Å². The molecule has 1 aromatic heterocycles. The Morgan fingerprint density at radius 3 is 2.24 bits per heavy atom. The molecule has 2 saturated heterocycles. The van der Waals surface area contributed by atoms with Crippen LogP contribution in [0.2, 0.25) is 0 Å². The van der Waals surface area contributed by atoms with Crippen LogP contribution in [0.1, 0.15) is 37.1 Å². The number of hydrogen-bond acceptors (Lipinski definition) is 5. The average Bonchev–Trinajstić information content (AvgIpc) is 3.47. The molecule has 1 amide bonds. The number of aliphatic hydroxyl groups is 1. The van der Waals surface area contributed by atoms with E-state index in [4.69, 9.17) is 4.42 Å². The maximum Gasteiger partial charge on any atom is 0.300 e. The highest BCUT2D eigenvalue weighted by Crippen LogP contribution is 2.42. The Morgan fingerprint density at radius 2 is 1.62 bits per heavy atom. The van der Waals surface area contributed by atoms with Gasteiger partial charge in [0.1, 0.15) is 23.4 Å². The maximum absolute atomic E-state index is 13.4. The number of furan rings is 1. The highest BCUT2D eigenvalue weighted by Gasteiger charge is 2.48. The second-order valence-corrected chi connectivity index (χ2v) is 8.88. The number of carbonyl (C=O) groups excluding carboxylic acids is 2. The zero-order chi connectivity index (χ0) is 23.8. The SMILES string of the molecule is CC1CCN(c2ccc(N3C(=O)C(=O)/C(=C(\O)c4ccc(F)cc4)C3c3ccco3)cc2)CC1. The van der Waals surface area contributed by atoms with Crippen LogP contribution in [0.25, 0.3) is 5.76 Å². The minimum atomic E-state index is -0.943. The number of piperidine rings is 1. The molecule has 0 radical (unpaired) electrons. The van der Waals surface area contributed by atoms with Gasteiger partial charge in [0.2, 0.25) is 0 Å². The van der Waals surface area contributed by atoms with Gasteiger partial charge >= 0.3 is 0 Å². The monoisotopic (exact) mass is 460 g/mol. The van der Waals surface area contributed by atoms with Gasteiger partial charge in [0.05, 0.1) is 11.8 Å². The predicted octanol–water partition coefficient (Wildman–Crippen LogP) is 5.28. The molecule has 2 fully saturated rings. The lowest BCUT2D eigenvalue weighted by Gasteiger charge is -2.32. The quantitative estimate of drug-likeness (QED) is 0.326. The molecule has 0 bridgehead atoms. The second kappa shape index (κ2) is 8.82. The van der Waals surface area contributed by atoms with Crippen molar-refractivity contribution in [3.63, 3.8) is 0 Å². The molecule has 34 heavy (non-hydrogen) atoms. The van der Waals surface area contributed by atoms with Crippen LogP contribution in [0, 0.1) is 11.7 Å². The fourth-order valence-electron chi connectivity index (χ4n) is 4.67. The van der Waals surface area contributed by atoms with Crippen molar-refractivity contribution in [2.75, 3.05) is 22.9 Å². The predicted molar refractivity (Wildman–Crippen MR) is 127 cm³/mol. The first kappa shape index (κ1) is 21.9. The largest absolute Gasteiger partial charge is 0.507 e. The number of anilines is 2. The molecule has 1 atom stereocenters. The molecule has 2 aliphatic rings. The molecule has 7 heteroatoms. The molecule has 174 valence electrons. The normalized spacial score (nSPS) is 20.8. The lowest BCUT2D eigenvalue weighted by molar-refractivity contribution is -0.132. The third-order valence-electron chi connectivity index (χ3n) is 6.65. The Labute approximate surface area is 196 Å². The minimum absolute atomic E-state index is 0.0966. The number of nitrogens with zero attached hydrogens (tertiary/aromatic N) is 2. The van der Waals surface area contributed by atoms with Gasteiger partial charge in [0.25, 0.3) is 11.7 Å². The van der Waals surface area contributed by atoms with Crippen LogP contribution >= 0.6 is 0 Å². The van der Waals surface area contributed by atoms with Gasteiger partial charge in [0.15, 0.2) is 0 Å². The first-order valence-corrected chi connectivity index (χ1v) is 11.4. The van der Waals surface area contributed by atoms with Gasteiger partial charge in [-0.1, -0.05) is 6.92 Å². The zero-order valence-electron chi connectivity index (χ0n) is 18.8. The first-order valence-electron chi connectivity index (χ1n) is 11.4. The van der Waals surface area contributed by atoms with Gasteiger partial charge in [-0.05, 0) is 79.4 Å². The topological polar surface area (TPSA) is 74.0 Å². The van der Waals surface area contributed by atoms with E-state index in [0.29, 0.717) is 11.4 Å². The molecular formula is C27H25FN2O4. The van der Waals surface area contributed by atoms with E-state index < -0.39 is 23.5 Å². The molecule has 3 heterocycles. The minimum Gasteiger partial charge on any atom is -0.507 e. The number of ketones is 1. The van der Waals surface area contributed by atoms with Gasteiger partial charge in [-0.25, -0.2) is 4.39 Å². The van der Waals surface area contributed by atoms with Crippen molar-refractivity contribution in [1.82, 2.24) is 0 Å². The van der Waals surface area contributed by atoms with E-state index in [9.17, 15) is 19.1 Å². The molecule has 0 spiro atoms. The summed E-state index contributed by atoms with van der Waals surface area (Å²) in [6, 6.07) is 15.0. The van der Waals surface area contributed by atoms with Gasteiger partial charge in [-0.3, -0.25) is 14.5 Å². The molecule has 1 N–H and O–H groups in total. The second-order valence-electron chi connectivity index (χ2n) is 8.88. The number of carbonyl (C=O) groups is 2. The van der Waals surface area contributed by atoms with E-state index >= 15 is 0 Å². The van der Waals surface area contributed by atoms with Crippen molar-refractivity contribution >= 4 is 28.8 Å². The summed E-state index contributed by atoms with van der Waals surface area (Å²) in [6.07, 6.45) is 3.73. The Morgan fingerprint density at radius 1 is 0.971 bits per heavy atom. The third kappa shape index (κ3) is 3.87. The molecule has 2 aliphatic heterocycles. The summed E-state index contributed by atoms with van der Waals surface area (Å²) in [5.74, 6) is -1.36. The summed E-state index contributed by atoms with van der Waals surface area (Å²) in [4.78, 5) is 29.9.